The minimum Gasteiger partial charge on any atom is -0.481 e. The number of carboxylic acids is 3. The summed E-state index contributed by atoms with van der Waals surface area (Å²) in [5.41, 5.74) is 0.550. The van der Waals surface area contributed by atoms with Crippen LogP contribution in [-0.2, 0) is 23.9 Å². The number of aliphatic hydroxyl groups excluding tert-OH is 1. The monoisotopic (exact) mass is 666 g/mol. The predicted octanol–water partition coefficient (Wildman–Crippen LogP) is 3.50. The van der Waals surface area contributed by atoms with Crippen LogP contribution in [0.1, 0.15) is 68.5 Å². The van der Waals surface area contributed by atoms with Gasteiger partial charge < -0.3 is 25.2 Å². The number of methoxy groups -OCH3 is 1. The maximum atomic E-state index is 13.9. The molecule has 2 aliphatic rings. The highest BCUT2D eigenvalue weighted by Crippen LogP contribution is 2.48. The third-order valence-corrected chi connectivity index (χ3v) is 9.54. The van der Waals surface area contributed by atoms with E-state index in [4.69, 9.17) is 5.11 Å². The van der Waals surface area contributed by atoms with Gasteiger partial charge in [-0.15, -0.1) is 0 Å². The molecule has 1 unspecified atom stereocenters. The van der Waals surface area contributed by atoms with Crippen LogP contribution >= 0.6 is 0 Å². The summed E-state index contributed by atoms with van der Waals surface area (Å²) in [6.07, 6.45) is -3.29. The first-order valence-corrected chi connectivity index (χ1v) is 15.2. The third-order valence-electron chi connectivity index (χ3n) is 9.54. The van der Waals surface area contributed by atoms with Gasteiger partial charge in [0.2, 0.25) is 0 Å². The van der Waals surface area contributed by atoms with Crippen LogP contribution in [-0.4, -0.2) is 91.0 Å². The van der Waals surface area contributed by atoms with Gasteiger partial charge in [-0.3, -0.25) is 33.8 Å². The number of amides is 3. The lowest BCUT2D eigenvalue weighted by molar-refractivity contribution is -0.148. The molecule has 14 nitrogen and oxygen atoms in total. The van der Waals surface area contributed by atoms with Crippen molar-refractivity contribution >= 4 is 84.7 Å². The number of aliphatic carboxylic acids is 3. The molecule has 0 radical (unpaired) electrons. The smallest absolute Gasteiger partial charge is 0.326 e. The molecule has 2 aliphatic heterocycles. The van der Waals surface area contributed by atoms with Gasteiger partial charge >= 0.3 is 23.9 Å². The van der Waals surface area contributed by atoms with Crippen molar-refractivity contribution < 1.29 is 58.7 Å². The summed E-state index contributed by atoms with van der Waals surface area (Å²) in [4.78, 5) is 90.3. The number of carboxylic acid groups (broad SMARTS) is 3. The van der Waals surface area contributed by atoms with Crippen LogP contribution in [0.2, 0.25) is 0 Å². The number of imide groups is 1. The first-order valence-electron chi connectivity index (χ1n) is 15.2. The molecule has 3 amide bonds. The fraction of sp³-hybridized carbons (Fsp3) is 0.229. The highest BCUT2D eigenvalue weighted by atomic mass is 16.5. The average Bonchev–Trinajstić information content (AvgIpc) is 3.07. The molecule has 0 aromatic heterocycles. The Morgan fingerprint density at radius 3 is 1.61 bits per heavy atom. The second kappa shape index (κ2) is 11.2. The number of carbonyl (C=O) groups is 7. The van der Waals surface area contributed by atoms with Crippen molar-refractivity contribution in [3.63, 3.8) is 0 Å². The molecule has 0 spiro atoms. The van der Waals surface area contributed by atoms with E-state index in [-0.39, 0.29) is 35.1 Å². The molecule has 2 heterocycles. The largest absolute Gasteiger partial charge is 0.481 e. The van der Waals surface area contributed by atoms with Gasteiger partial charge in [-0.2, -0.15) is 0 Å². The van der Waals surface area contributed by atoms with Crippen molar-refractivity contribution in [3.8, 4) is 0 Å². The number of esters is 1. The van der Waals surface area contributed by atoms with Crippen LogP contribution < -0.4 is 0 Å². The van der Waals surface area contributed by atoms with Gasteiger partial charge in [0.05, 0.1) is 7.11 Å². The molecule has 3 atom stereocenters. The van der Waals surface area contributed by atoms with Crippen molar-refractivity contribution in [3.05, 3.63) is 70.8 Å². The molecule has 5 aromatic rings. The highest BCUT2D eigenvalue weighted by molar-refractivity contribution is 6.39. The fourth-order valence-electron chi connectivity index (χ4n) is 7.37. The molecular formula is C35H26N2O12. The lowest BCUT2D eigenvalue weighted by atomic mass is 9.81. The van der Waals surface area contributed by atoms with Gasteiger partial charge in [0, 0.05) is 45.9 Å². The average molecular weight is 667 g/mol. The predicted molar refractivity (Wildman–Crippen MR) is 170 cm³/mol. The SMILES string of the molecule is COC(=O)CC[C@H](C(=O)O)N1C(=O)c2ccc3c4ccc5c6c(ccc(c7ccc(c2c37)C1O)c64)C(=O)N([C@H](CCC(=O)O)C(=O)O)C5=O. The van der Waals surface area contributed by atoms with E-state index in [1.54, 1.807) is 30.3 Å². The Labute approximate surface area is 275 Å². The van der Waals surface area contributed by atoms with Gasteiger partial charge in [-0.1, -0.05) is 30.3 Å². The Balaban J connectivity index is 1.41. The van der Waals surface area contributed by atoms with Crippen molar-refractivity contribution in [2.75, 3.05) is 7.11 Å². The number of rotatable bonds is 10. The molecule has 7 rings (SSSR count). The molecule has 0 saturated carbocycles. The Morgan fingerprint density at radius 2 is 1.12 bits per heavy atom. The van der Waals surface area contributed by atoms with Crippen molar-refractivity contribution in [1.29, 1.82) is 0 Å². The first kappa shape index (κ1) is 31.4. The fourth-order valence-corrected chi connectivity index (χ4v) is 7.37. The molecule has 0 aliphatic carbocycles. The topological polar surface area (TPSA) is 216 Å². The molecule has 49 heavy (non-hydrogen) atoms. The maximum Gasteiger partial charge on any atom is 0.326 e. The lowest BCUT2D eigenvalue weighted by Gasteiger charge is -2.38. The molecular weight excluding hydrogens is 640 g/mol. The Morgan fingerprint density at radius 1 is 0.653 bits per heavy atom. The Kier molecular flexibility index (Phi) is 7.21. The van der Waals surface area contributed by atoms with E-state index in [0.717, 1.165) is 12.0 Å². The number of hydrogen-bond acceptors (Lipinski definition) is 9. The van der Waals surface area contributed by atoms with Crippen LogP contribution in [0.25, 0.3) is 43.1 Å². The summed E-state index contributed by atoms with van der Waals surface area (Å²) in [5, 5.41) is 44.7. The van der Waals surface area contributed by atoms with Crippen LogP contribution in [0.15, 0.2) is 48.5 Å². The standard InChI is InChI=1S/C35H26N2O12/c1-49-25(40)13-11-23(35(47)48)37-32(43)20-8-4-16-14-2-6-18-28-19(31(42)36(30(18)41)22(34(45)46)10-12-24(38)39)7-3-15(26(14)28)17-5-9-21(33(37)44)29(20)27(16)17/h2-9,22-23,32,43H,10-13H2,1H3,(H,38,39)(H,45,46)(H,47,48)/t22-,23-,32?/m1/s1. The van der Waals surface area contributed by atoms with E-state index in [0.29, 0.717) is 48.0 Å². The molecule has 0 fully saturated rings. The highest BCUT2D eigenvalue weighted by Gasteiger charge is 2.43. The van der Waals surface area contributed by atoms with Crippen molar-refractivity contribution in [1.82, 2.24) is 9.80 Å². The second-order valence-corrected chi connectivity index (χ2v) is 12.0. The second-order valence-electron chi connectivity index (χ2n) is 12.0. The number of nitrogens with zero attached hydrogens (tertiary/aromatic N) is 2. The minimum absolute atomic E-state index is 0.0683. The minimum atomic E-state index is -1.70. The van der Waals surface area contributed by atoms with Gasteiger partial charge in [-0.25, -0.2) is 9.59 Å². The van der Waals surface area contributed by atoms with E-state index in [1.165, 1.54) is 18.2 Å². The zero-order chi connectivity index (χ0) is 35.0. The van der Waals surface area contributed by atoms with E-state index >= 15 is 0 Å². The molecule has 0 bridgehead atoms. The van der Waals surface area contributed by atoms with Crippen molar-refractivity contribution in [2.24, 2.45) is 0 Å². The van der Waals surface area contributed by atoms with Gasteiger partial charge in [0.25, 0.3) is 17.7 Å². The summed E-state index contributed by atoms with van der Waals surface area (Å²) < 4.78 is 4.62. The molecule has 0 saturated heterocycles. The summed E-state index contributed by atoms with van der Waals surface area (Å²) in [7, 11) is 1.16. The number of fused-ring (bicyclic) bond motifs is 2. The van der Waals surface area contributed by atoms with Gasteiger partial charge in [0.15, 0.2) is 6.23 Å². The number of ether oxygens (including phenoxy) is 1. The quantitative estimate of drug-likeness (QED) is 0.0729. The number of aliphatic hydroxyl groups is 1. The van der Waals surface area contributed by atoms with E-state index in [9.17, 15) is 48.9 Å². The summed E-state index contributed by atoms with van der Waals surface area (Å²) in [6.45, 7) is 0. The molecule has 5 aromatic carbocycles. The summed E-state index contributed by atoms with van der Waals surface area (Å²) in [5.74, 6) is -7.35. The molecule has 4 N–H and O–H groups in total. The Hall–Kier alpha value is -6.15. The van der Waals surface area contributed by atoms with Gasteiger partial charge in [-0.05, 0) is 63.4 Å². The van der Waals surface area contributed by atoms with Crippen LogP contribution in [0.5, 0.6) is 0 Å². The number of hydrogen-bond donors (Lipinski definition) is 4. The number of benzene rings is 5. The first-order chi connectivity index (χ1) is 23.4. The molecule has 248 valence electrons. The van der Waals surface area contributed by atoms with E-state index in [1.807, 2.05) is 0 Å². The van der Waals surface area contributed by atoms with Crippen LogP contribution in [0.4, 0.5) is 0 Å². The zero-order valence-corrected chi connectivity index (χ0v) is 25.6. The summed E-state index contributed by atoms with van der Waals surface area (Å²) in [6, 6.07) is 9.48. The zero-order valence-electron chi connectivity index (χ0n) is 25.6. The maximum absolute atomic E-state index is 13.9. The normalized spacial score (nSPS) is 16.9. The van der Waals surface area contributed by atoms with E-state index < -0.39 is 72.8 Å². The van der Waals surface area contributed by atoms with Crippen LogP contribution in [0, 0.1) is 0 Å². The number of carbonyl (C=O) groups excluding carboxylic acids is 4. The molecule has 14 heteroatoms. The van der Waals surface area contributed by atoms with Crippen LogP contribution in [0.3, 0.4) is 0 Å². The van der Waals surface area contributed by atoms with Gasteiger partial charge in [0.1, 0.15) is 12.1 Å². The van der Waals surface area contributed by atoms with E-state index in [2.05, 4.69) is 4.74 Å². The lowest BCUT2D eigenvalue weighted by Crippen LogP contribution is -2.50. The Bertz CT molecular complexity index is 2280. The third kappa shape index (κ3) is 4.48. The van der Waals surface area contributed by atoms with Crippen molar-refractivity contribution in [2.45, 2.75) is 44.0 Å². The summed E-state index contributed by atoms with van der Waals surface area (Å²) >= 11 is 0.